The van der Waals surface area contributed by atoms with Gasteiger partial charge in [-0.15, -0.1) is 5.26 Å². The predicted octanol–water partition coefficient (Wildman–Crippen LogP) is 0.390. The minimum Gasteiger partial charge on any atom is -0.302 e. The Labute approximate surface area is 59.8 Å². The van der Waals surface area contributed by atoms with Crippen LogP contribution in [0.2, 0.25) is 0 Å². The van der Waals surface area contributed by atoms with Gasteiger partial charge in [0, 0.05) is 0 Å². The Morgan fingerprint density at radius 1 is 1.80 bits per heavy atom. The van der Waals surface area contributed by atoms with Crippen molar-refractivity contribution in [2.24, 2.45) is 0 Å². The molecule has 0 saturated carbocycles. The maximum atomic E-state index is 10.5. The van der Waals surface area contributed by atoms with Gasteiger partial charge in [0.05, 0.1) is 0 Å². The number of nitriles is 1. The lowest BCUT2D eigenvalue weighted by Gasteiger charge is -1.96. The van der Waals surface area contributed by atoms with Crippen LogP contribution in [-0.2, 0) is 14.3 Å². The van der Waals surface area contributed by atoms with Crippen LogP contribution in [0.1, 0.15) is 6.92 Å². The monoisotopic (exact) mass is 161 g/mol. The largest absolute Gasteiger partial charge is 0.322 e. The third kappa shape index (κ3) is 3.92. The van der Waals surface area contributed by atoms with Crippen molar-refractivity contribution in [1.29, 1.82) is 5.26 Å². The fourth-order valence-electron chi connectivity index (χ4n) is 0.388. The van der Waals surface area contributed by atoms with Gasteiger partial charge in [-0.1, -0.05) is 12.2 Å². The molecule has 5 heteroatoms. The van der Waals surface area contributed by atoms with E-state index in [2.05, 4.69) is 10.8 Å². The Morgan fingerprint density at radius 3 is 2.60 bits per heavy atom. The Kier molecular flexibility index (Phi) is 2.90. The number of hydrogen-bond donors (Lipinski definition) is 0. The summed E-state index contributed by atoms with van der Waals surface area (Å²) in [4.78, 5) is 0. The first-order valence-corrected chi connectivity index (χ1v) is 4.00. The zero-order valence-corrected chi connectivity index (χ0v) is 6.31. The molecule has 0 radical (unpaired) electrons. The van der Waals surface area contributed by atoms with Crippen LogP contribution in [0.3, 0.4) is 0 Å². The summed E-state index contributed by atoms with van der Waals surface area (Å²) in [5, 5.41) is 7.83. The predicted molar refractivity (Wildman–Crippen MR) is 35.3 cm³/mol. The minimum absolute atomic E-state index is 0.305. The lowest BCUT2D eigenvalue weighted by atomic mass is 10.4. The average molecular weight is 161 g/mol. The molecule has 0 aliphatic rings. The second-order valence-electron chi connectivity index (χ2n) is 1.83. The zero-order chi connectivity index (χ0) is 8.20. The van der Waals surface area contributed by atoms with Gasteiger partial charge in [-0.2, -0.15) is 8.42 Å². The summed E-state index contributed by atoms with van der Waals surface area (Å²) in [6, 6.07) is 0. The molecule has 0 aromatic carbocycles. The molecule has 0 aromatic rings. The Bertz CT molecular complexity index is 259. The van der Waals surface area contributed by atoms with E-state index in [4.69, 9.17) is 5.26 Å². The third-order valence-corrected chi connectivity index (χ3v) is 1.76. The lowest BCUT2D eigenvalue weighted by Crippen LogP contribution is -2.07. The van der Waals surface area contributed by atoms with Crippen LogP contribution in [0.15, 0.2) is 12.2 Å². The minimum atomic E-state index is -3.69. The van der Waals surface area contributed by atoms with E-state index in [1.165, 1.54) is 6.92 Å². The van der Waals surface area contributed by atoms with Gasteiger partial charge in [-0.3, -0.25) is 0 Å². The molecule has 0 saturated heterocycles. The van der Waals surface area contributed by atoms with Crippen molar-refractivity contribution in [3.05, 3.63) is 12.2 Å². The summed E-state index contributed by atoms with van der Waals surface area (Å²) in [6.07, 6.45) is 1.08. The molecule has 4 nitrogen and oxygen atoms in total. The second kappa shape index (κ2) is 3.22. The maximum Gasteiger partial charge on any atom is 0.322 e. The highest BCUT2D eigenvalue weighted by Crippen LogP contribution is 1.97. The van der Waals surface area contributed by atoms with Gasteiger partial charge >= 0.3 is 16.4 Å². The summed E-state index contributed by atoms with van der Waals surface area (Å²) in [6.45, 7) is 4.89. The Hall–Kier alpha value is -1.02. The highest BCUT2D eigenvalue weighted by atomic mass is 32.2. The first-order valence-electron chi connectivity index (χ1n) is 2.42. The van der Waals surface area contributed by atoms with E-state index < -0.39 is 10.1 Å². The molecule has 56 valence electrons. The smallest absolute Gasteiger partial charge is 0.302 e. The van der Waals surface area contributed by atoms with Crippen LogP contribution >= 0.6 is 0 Å². The van der Waals surface area contributed by atoms with E-state index in [-0.39, 0.29) is 5.75 Å². The molecule has 0 heterocycles. The van der Waals surface area contributed by atoms with Crippen molar-refractivity contribution in [3.63, 3.8) is 0 Å². The van der Waals surface area contributed by atoms with E-state index in [1.807, 2.05) is 0 Å². The Morgan fingerprint density at radius 2 is 2.30 bits per heavy atom. The molecule has 0 spiro atoms. The number of rotatable bonds is 3. The molecule has 0 bridgehead atoms. The van der Waals surface area contributed by atoms with Crippen LogP contribution in [-0.4, -0.2) is 14.2 Å². The fourth-order valence-corrected chi connectivity index (χ4v) is 1.16. The molecule has 0 aromatic heterocycles. The van der Waals surface area contributed by atoms with Crippen molar-refractivity contribution in [3.8, 4) is 6.26 Å². The van der Waals surface area contributed by atoms with Crippen LogP contribution < -0.4 is 0 Å². The second-order valence-corrected chi connectivity index (χ2v) is 3.40. The molecule has 0 fully saturated rings. The van der Waals surface area contributed by atoms with Crippen LogP contribution in [0.25, 0.3) is 0 Å². The normalized spacial score (nSPS) is 10.0. The van der Waals surface area contributed by atoms with Crippen molar-refractivity contribution >= 4 is 10.1 Å². The summed E-state index contributed by atoms with van der Waals surface area (Å²) < 4.78 is 24.8. The van der Waals surface area contributed by atoms with E-state index in [0.29, 0.717) is 5.57 Å². The molecular weight excluding hydrogens is 154 g/mol. The first kappa shape index (κ1) is 8.98. The highest BCUT2D eigenvalue weighted by Gasteiger charge is 2.10. The summed E-state index contributed by atoms with van der Waals surface area (Å²) in [5.41, 5.74) is 0.440. The van der Waals surface area contributed by atoms with E-state index in [0.717, 1.165) is 6.26 Å². The molecule has 0 aliphatic heterocycles. The topological polar surface area (TPSA) is 67.2 Å². The molecular formula is C5H7NO3S. The van der Waals surface area contributed by atoms with Gasteiger partial charge < -0.3 is 4.18 Å². The summed E-state index contributed by atoms with van der Waals surface area (Å²) in [5.74, 6) is -0.305. The van der Waals surface area contributed by atoms with Gasteiger partial charge in [0.15, 0.2) is 0 Å². The van der Waals surface area contributed by atoms with Gasteiger partial charge in [0.1, 0.15) is 5.75 Å². The van der Waals surface area contributed by atoms with Gasteiger partial charge in [0.2, 0.25) is 0 Å². The number of hydrogen-bond acceptors (Lipinski definition) is 4. The first-order chi connectivity index (χ1) is 4.48. The average Bonchev–Trinajstić information content (AvgIpc) is 1.59. The van der Waals surface area contributed by atoms with Crippen molar-refractivity contribution in [2.75, 3.05) is 5.75 Å². The van der Waals surface area contributed by atoms with Crippen LogP contribution in [0, 0.1) is 11.5 Å². The summed E-state index contributed by atoms with van der Waals surface area (Å²) >= 11 is 0. The quantitative estimate of drug-likeness (QED) is 0.341. The van der Waals surface area contributed by atoms with E-state index in [1.54, 1.807) is 0 Å². The van der Waals surface area contributed by atoms with Gasteiger partial charge in [-0.05, 0) is 6.92 Å². The van der Waals surface area contributed by atoms with Gasteiger partial charge in [-0.25, -0.2) is 0 Å². The standard InChI is InChI=1S/C5H7NO3S/c1-5(2)3-10(7,8)9-4-6/h1,3H2,2H3. The lowest BCUT2D eigenvalue weighted by molar-refractivity contribution is 0.461. The molecule has 0 atom stereocenters. The molecule has 0 unspecified atom stereocenters. The fraction of sp³-hybridized carbons (Fsp3) is 0.400. The maximum absolute atomic E-state index is 10.5. The highest BCUT2D eigenvalue weighted by molar-refractivity contribution is 7.87. The summed E-state index contributed by atoms with van der Waals surface area (Å²) in [7, 11) is -3.69. The van der Waals surface area contributed by atoms with E-state index >= 15 is 0 Å². The van der Waals surface area contributed by atoms with Crippen molar-refractivity contribution < 1.29 is 12.6 Å². The molecule has 0 N–H and O–H groups in total. The van der Waals surface area contributed by atoms with Gasteiger partial charge in [0.25, 0.3) is 0 Å². The molecule has 10 heavy (non-hydrogen) atoms. The van der Waals surface area contributed by atoms with Crippen molar-refractivity contribution in [2.45, 2.75) is 6.92 Å². The third-order valence-electron chi connectivity index (χ3n) is 0.587. The Balaban J connectivity index is 4.19. The molecule has 0 amide bonds. The molecule has 0 rings (SSSR count). The van der Waals surface area contributed by atoms with Crippen molar-refractivity contribution in [1.82, 2.24) is 0 Å². The van der Waals surface area contributed by atoms with Crippen LogP contribution in [0.4, 0.5) is 0 Å². The SMILES string of the molecule is C=C(C)CS(=O)(=O)OC#N. The zero-order valence-electron chi connectivity index (χ0n) is 5.49. The number of nitrogens with zero attached hydrogens (tertiary/aromatic N) is 1. The van der Waals surface area contributed by atoms with E-state index in [9.17, 15) is 8.42 Å². The molecule has 0 aliphatic carbocycles. The van der Waals surface area contributed by atoms with Crippen LogP contribution in [0.5, 0.6) is 0 Å².